The van der Waals surface area contributed by atoms with Gasteiger partial charge < -0.3 is 15.9 Å². The van der Waals surface area contributed by atoms with Crippen LogP contribution in [0.4, 0.5) is 10.1 Å². The normalized spacial score (nSPS) is 11.9. The molecule has 2 aromatic carbocycles. The van der Waals surface area contributed by atoms with Crippen LogP contribution >= 0.6 is 35.0 Å². The molecule has 1 heterocycles. The smallest absolute Gasteiger partial charge is 0.237 e. The van der Waals surface area contributed by atoms with Crippen molar-refractivity contribution in [3.05, 3.63) is 64.2 Å². The van der Waals surface area contributed by atoms with E-state index in [9.17, 15) is 9.18 Å². The van der Waals surface area contributed by atoms with Crippen LogP contribution in [0.1, 0.15) is 12.7 Å². The second kappa shape index (κ2) is 9.34. The van der Waals surface area contributed by atoms with Crippen LogP contribution in [0.3, 0.4) is 0 Å². The maximum atomic E-state index is 13.6. The van der Waals surface area contributed by atoms with E-state index in [1.54, 1.807) is 37.3 Å². The Morgan fingerprint density at radius 3 is 2.79 bits per heavy atom. The first-order valence-corrected chi connectivity index (χ1v) is 9.98. The number of nitrogen functional groups attached to an aromatic ring is 1. The average molecular weight is 456 g/mol. The highest BCUT2D eigenvalue weighted by Gasteiger charge is 2.21. The summed E-state index contributed by atoms with van der Waals surface area (Å²) in [6, 6.07) is 10.9. The fourth-order valence-corrected chi connectivity index (χ4v) is 3.37. The zero-order valence-electron chi connectivity index (χ0n) is 15.1. The van der Waals surface area contributed by atoms with Gasteiger partial charge >= 0.3 is 0 Å². The molecule has 11 heteroatoms. The van der Waals surface area contributed by atoms with Crippen LogP contribution in [-0.4, -0.2) is 26.0 Å². The van der Waals surface area contributed by atoms with Gasteiger partial charge in [0, 0.05) is 0 Å². The largest absolute Gasteiger partial charge is 0.482 e. The monoisotopic (exact) mass is 455 g/mol. The lowest BCUT2D eigenvalue weighted by Crippen LogP contribution is -2.24. The summed E-state index contributed by atoms with van der Waals surface area (Å²) in [4.78, 5) is 12.4. The van der Waals surface area contributed by atoms with E-state index in [0.29, 0.717) is 15.9 Å². The number of carbonyl (C=O) groups excluding carboxylic acids is 1. The first-order valence-electron chi connectivity index (χ1n) is 8.35. The molecule has 3 N–H and O–H groups in total. The Morgan fingerprint density at radius 2 is 2.03 bits per heavy atom. The number of hydrogen-bond acceptors (Lipinski definition) is 6. The zero-order chi connectivity index (χ0) is 21.0. The molecule has 29 heavy (non-hydrogen) atoms. The summed E-state index contributed by atoms with van der Waals surface area (Å²) in [5, 5.41) is 10.9. The second-order valence-corrected chi connectivity index (χ2v) is 7.93. The Balaban J connectivity index is 1.62. The number of nitrogens with two attached hydrogens (primary N) is 1. The van der Waals surface area contributed by atoms with Crippen molar-refractivity contribution in [3.63, 3.8) is 0 Å². The number of ether oxygens (including phenoxy) is 1. The third kappa shape index (κ3) is 5.11. The number of rotatable bonds is 7. The topological polar surface area (TPSA) is 95.1 Å². The third-order valence-corrected chi connectivity index (χ3v) is 5.67. The fourth-order valence-electron chi connectivity index (χ4n) is 2.24. The number of carbonyl (C=O) groups is 1. The van der Waals surface area contributed by atoms with Gasteiger partial charge in [-0.2, -0.15) is 0 Å². The molecule has 0 unspecified atom stereocenters. The van der Waals surface area contributed by atoms with E-state index in [1.165, 1.54) is 16.8 Å². The number of aromatic nitrogens is 3. The molecular formula is C18H16Cl2FN5O2S. The molecule has 0 aliphatic heterocycles. The van der Waals surface area contributed by atoms with E-state index >= 15 is 0 Å². The minimum Gasteiger partial charge on any atom is -0.482 e. The number of para-hydroxylation sites is 1. The Kier molecular flexibility index (Phi) is 6.83. The van der Waals surface area contributed by atoms with Crippen molar-refractivity contribution in [2.45, 2.75) is 23.9 Å². The Morgan fingerprint density at radius 1 is 1.28 bits per heavy atom. The lowest BCUT2D eigenvalue weighted by atomic mass is 10.3. The summed E-state index contributed by atoms with van der Waals surface area (Å²) in [5.41, 5.74) is 0.407. The van der Waals surface area contributed by atoms with Crippen LogP contribution in [0.15, 0.2) is 47.6 Å². The lowest BCUT2D eigenvalue weighted by Gasteiger charge is -2.13. The maximum Gasteiger partial charge on any atom is 0.237 e. The highest BCUT2D eigenvalue weighted by atomic mass is 35.5. The summed E-state index contributed by atoms with van der Waals surface area (Å²) < 4.78 is 20.2. The molecule has 0 saturated carbocycles. The zero-order valence-corrected chi connectivity index (χ0v) is 17.4. The molecule has 7 nitrogen and oxygen atoms in total. The number of hydrogen-bond donors (Lipinski definition) is 2. The van der Waals surface area contributed by atoms with Gasteiger partial charge in [0.1, 0.15) is 6.61 Å². The Labute approximate surface area is 180 Å². The second-order valence-electron chi connectivity index (χ2n) is 5.84. The molecule has 0 fully saturated rings. The number of thioether (sulfide) groups is 1. The van der Waals surface area contributed by atoms with Crippen LogP contribution in [0.25, 0.3) is 0 Å². The van der Waals surface area contributed by atoms with Crippen molar-refractivity contribution >= 4 is 46.6 Å². The molecule has 1 amide bonds. The van der Waals surface area contributed by atoms with Crippen molar-refractivity contribution in [2.75, 3.05) is 11.2 Å². The van der Waals surface area contributed by atoms with Crippen molar-refractivity contribution in [1.29, 1.82) is 0 Å². The standard InChI is InChI=1S/C18H16Cl2FN5O2S/c1-10(17(27)23-13-7-4-5-11(19)16(13)20)29-18-25-24-15(26(18)22)9-28-14-8-3-2-6-12(14)21/h2-8,10H,9,22H2,1H3,(H,23,27)/t10-/m0/s1. The van der Waals surface area contributed by atoms with Crippen LogP contribution in [-0.2, 0) is 11.4 Å². The predicted molar refractivity (Wildman–Crippen MR) is 111 cm³/mol. The van der Waals surface area contributed by atoms with Gasteiger partial charge in [0.2, 0.25) is 11.1 Å². The first-order chi connectivity index (χ1) is 13.9. The van der Waals surface area contributed by atoms with Crippen LogP contribution < -0.4 is 15.9 Å². The molecule has 1 atom stereocenters. The Hall–Kier alpha value is -2.49. The van der Waals surface area contributed by atoms with E-state index in [4.69, 9.17) is 33.8 Å². The van der Waals surface area contributed by atoms with Gasteiger partial charge in [0.25, 0.3) is 0 Å². The van der Waals surface area contributed by atoms with E-state index in [1.807, 2.05) is 0 Å². The van der Waals surface area contributed by atoms with Gasteiger partial charge in [-0.3, -0.25) is 4.79 Å². The average Bonchev–Trinajstić information content (AvgIpc) is 3.04. The summed E-state index contributed by atoms with van der Waals surface area (Å²) >= 11 is 13.1. The van der Waals surface area contributed by atoms with Crippen molar-refractivity contribution in [1.82, 2.24) is 14.9 Å². The molecular weight excluding hydrogens is 440 g/mol. The fraction of sp³-hybridized carbons (Fsp3) is 0.167. The summed E-state index contributed by atoms with van der Waals surface area (Å²) in [6.45, 7) is 1.60. The van der Waals surface area contributed by atoms with Gasteiger partial charge in [-0.05, 0) is 31.2 Å². The number of anilines is 1. The molecule has 0 aliphatic carbocycles. The minimum atomic E-state index is -0.558. The summed E-state index contributed by atoms with van der Waals surface area (Å²) in [7, 11) is 0. The third-order valence-electron chi connectivity index (χ3n) is 3.79. The van der Waals surface area contributed by atoms with Crippen LogP contribution in [0.2, 0.25) is 10.0 Å². The lowest BCUT2D eigenvalue weighted by molar-refractivity contribution is -0.115. The van der Waals surface area contributed by atoms with Gasteiger partial charge in [0.05, 0.1) is 21.0 Å². The summed E-state index contributed by atoms with van der Waals surface area (Å²) in [5.74, 6) is 5.53. The van der Waals surface area contributed by atoms with Gasteiger partial charge in [-0.15, -0.1) is 10.2 Å². The predicted octanol–water partition coefficient (Wildman–Crippen LogP) is 4.14. The van der Waals surface area contributed by atoms with Gasteiger partial charge in [0.15, 0.2) is 17.4 Å². The van der Waals surface area contributed by atoms with E-state index in [-0.39, 0.29) is 29.1 Å². The highest BCUT2D eigenvalue weighted by Crippen LogP contribution is 2.30. The van der Waals surface area contributed by atoms with E-state index < -0.39 is 11.1 Å². The van der Waals surface area contributed by atoms with Crippen LogP contribution in [0, 0.1) is 5.82 Å². The van der Waals surface area contributed by atoms with Crippen LogP contribution in [0.5, 0.6) is 5.75 Å². The summed E-state index contributed by atoms with van der Waals surface area (Å²) in [6.07, 6.45) is 0. The van der Waals surface area contributed by atoms with Gasteiger partial charge in [-0.25, -0.2) is 9.07 Å². The van der Waals surface area contributed by atoms with Crippen molar-refractivity contribution in [2.24, 2.45) is 0 Å². The molecule has 0 radical (unpaired) electrons. The Bertz CT molecular complexity index is 1030. The maximum absolute atomic E-state index is 13.6. The van der Waals surface area contributed by atoms with E-state index in [2.05, 4.69) is 15.5 Å². The highest BCUT2D eigenvalue weighted by molar-refractivity contribution is 8.00. The van der Waals surface area contributed by atoms with Crippen molar-refractivity contribution < 1.29 is 13.9 Å². The molecule has 0 aliphatic rings. The number of nitrogens with one attached hydrogen (secondary N) is 1. The van der Waals surface area contributed by atoms with Crippen molar-refractivity contribution in [3.8, 4) is 5.75 Å². The SMILES string of the molecule is C[C@H](Sc1nnc(COc2ccccc2F)n1N)C(=O)Nc1cccc(Cl)c1Cl. The molecule has 0 bridgehead atoms. The molecule has 152 valence electrons. The molecule has 3 aromatic rings. The van der Waals surface area contributed by atoms with E-state index in [0.717, 1.165) is 11.8 Å². The van der Waals surface area contributed by atoms with Gasteiger partial charge in [-0.1, -0.05) is 53.2 Å². The molecule has 1 aromatic heterocycles. The number of amides is 1. The quantitative estimate of drug-likeness (QED) is 0.410. The minimum absolute atomic E-state index is 0.0795. The molecule has 3 rings (SSSR count). The number of halogens is 3. The molecule has 0 saturated heterocycles. The molecule has 0 spiro atoms. The number of nitrogens with zero attached hydrogens (tertiary/aromatic N) is 3. The number of benzene rings is 2. The first kappa shape index (κ1) is 21.2.